The maximum Gasteiger partial charge on any atom is 0.262 e. The molecule has 3 amide bonds. The van der Waals surface area contributed by atoms with Crippen molar-refractivity contribution >= 4 is 52.4 Å². The molecule has 304 valence electrons. The topological polar surface area (TPSA) is 146 Å². The smallest absolute Gasteiger partial charge is 0.262 e. The minimum absolute atomic E-state index is 0.110. The van der Waals surface area contributed by atoms with E-state index >= 15 is 0 Å². The average Bonchev–Trinajstić information content (AvgIpc) is 3.45. The molecule has 2 aromatic rings. The second-order valence-corrected chi connectivity index (χ2v) is 16.2. The number of imide groups is 1. The Kier molecular flexibility index (Phi) is 13.2. The molecule has 4 fully saturated rings. The van der Waals surface area contributed by atoms with E-state index in [9.17, 15) is 28.8 Å². The largest absolute Gasteiger partial charge is 0.490 e. The number of ether oxygens (including phenoxy) is 2. The number of hydrogen-bond donors (Lipinski definition) is 1. The highest BCUT2D eigenvalue weighted by molar-refractivity contribution is 6.37. The number of ketones is 3. The molecule has 13 nitrogen and oxygen atoms in total. The van der Waals surface area contributed by atoms with Gasteiger partial charge in [0.05, 0.1) is 29.4 Å². The summed E-state index contributed by atoms with van der Waals surface area (Å²) in [6.45, 7) is 12.6. The Labute approximate surface area is 338 Å². The van der Waals surface area contributed by atoms with Crippen molar-refractivity contribution in [1.29, 1.82) is 0 Å². The van der Waals surface area contributed by atoms with E-state index < -0.39 is 29.6 Å². The molecular weight excluding hydrogens is 750 g/mol. The number of anilines is 1. The fourth-order valence-electron chi connectivity index (χ4n) is 8.74. The molecule has 1 atom stereocenters. The highest BCUT2D eigenvalue weighted by Gasteiger charge is 2.44. The van der Waals surface area contributed by atoms with Gasteiger partial charge in [0.25, 0.3) is 11.8 Å². The van der Waals surface area contributed by atoms with E-state index in [0.717, 1.165) is 68.9 Å². The van der Waals surface area contributed by atoms with Crippen molar-refractivity contribution in [3.05, 3.63) is 70.4 Å². The predicted molar refractivity (Wildman–Crippen MR) is 214 cm³/mol. The van der Waals surface area contributed by atoms with Crippen LogP contribution in [0.3, 0.4) is 0 Å². The number of benzene rings is 2. The first-order valence-electron chi connectivity index (χ1n) is 20.4. The lowest BCUT2D eigenvalue weighted by molar-refractivity contribution is -0.133. The molecule has 7 rings (SSSR count). The molecule has 1 N–H and O–H groups in total. The second-order valence-electron chi connectivity index (χ2n) is 15.8. The third kappa shape index (κ3) is 9.33. The summed E-state index contributed by atoms with van der Waals surface area (Å²) in [5, 5.41) is 2.79. The normalized spacial score (nSPS) is 21.7. The molecule has 5 aliphatic rings. The number of carbonyl (C=O) groups is 6. The predicted octanol–water partition coefficient (Wildman–Crippen LogP) is 4.56. The van der Waals surface area contributed by atoms with Crippen LogP contribution in [0, 0.1) is 11.8 Å². The zero-order valence-corrected chi connectivity index (χ0v) is 33.2. The molecule has 1 unspecified atom stereocenters. The number of amides is 3. The van der Waals surface area contributed by atoms with Crippen molar-refractivity contribution in [2.24, 2.45) is 11.8 Å². The number of piperazine rings is 1. The van der Waals surface area contributed by atoms with Crippen LogP contribution in [-0.4, -0.2) is 128 Å². The van der Waals surface area contributed by atoms with Crippen LogP contribution >= 0.6 is 11.6 Å². The fraction of sp³-hybridized carbons (Fsp3) is 0.535. The molecule has 0 bridgehead atoms. The van der Waals surface area contributed by atoms with Gasteiger partial charge in [0.1, 0.15) is 24.3 Å². The summed E-state index contributed by atoms with van der Waals surface area (Å²) in [6.07, 6.45) is 6.61. The number of allylic oxidation sites excluding steroid dienone is 1. The monoisotopic (exact) mass is 801 g/mol. The molecule has 0 radical (unpaired) electrons. The van der Waals surface area contributed by atoms with Gasteiger partial charge >= 0.3 is 0 Å². The van der Waals surface area contributed by atoms with Gasteiger partial charge in [-0.1, -0.05) is 24.2 Å². The SMILES string of the molecule is C=C1CCC(N2C(=O)c3ccc(N4CCN(CCCC5CCN(CCOCCOc6cccc(C(=O)C7C(=O)CCCC7=O)c6Cl)CC5)CC4)cc3C2=O)C(=O)N1. The number of carbonyl (C=O) groups excluding carboxylic acids is 6. The number of nitrogens with zero attached hydrogens (tertiary/aromatic N) is 4. The van der Waals surface area contributed by atoms with Gasteiger partial charge in [-0.15, -0.1) is 0 Å². The van der Waals surface area contributed by atoms with Gasteiger partial charge in [0.2, 0.25) is 5.91 Å². The lowest BCUT2D eigenvalue weighted by Gasteiger charge is -2.37. The Hall–Kier alpha value is -4.43. The Bertz CT molecular complexity index is 1890. The first-order valence-corrected chi connectivity index (χ1v) is 20.8. The fourth-order valence-corrected chi connectivity index (χ4v) is 9.01. The van der Waals surface area contributed by atoms with Crippen LogP contribution in [0.15, 0.2) is 48.7 Å². The summed E-state index contributed by atoms with van der Waals surface area (Å²) in [4.78, 5) is 84.9. The Morgan fingerprint density at radius 1 is 0.807 bits per heavy atom. The summed E-state index contributed by atoms with van der Waals surface area (Å²) < 4.78 is 11.6. The Balaban J connectivity index is 0.751. The van der Waals surface area contributed by atoms with Gasteiger partial charge < -0.3 is 24.6 Å². The first kappa shape index (κ1) is 40.8. The van der Waals surface area contributed by atoms with Gasteiger partial charge in [-0.3, -0.25) is 38.6 Å². The van der Waals surface area contributed by atoms with Crippen LogP contribution in [0.4, 0.5) is 5.69 Å². The minimum atomic E-state index is -1.27. The van der Waals surface area contributed by atoms with Crippen LogP contribution in [-0.2, 0) is 19.1 Å². The summed E-state index contributed by atoms with van der Waals surface area (Å²) in [5.41, 5.74) is 2.40. The third-order valence-electron chi connectivity index (χ3n) is 12.1. The summed E-state index contributed by atoms with van der Waals surface area (Å²) in [6, 6.07) is 9.47. The van der Waals surface area contributed by atoms with E-state index in [1.807, 2.05) is 12.1 Å². The number of fused-ring (bicyclic) bond motifs is 1. The maximum absolute atomic E-state index is 13.3. The van der Waals surface area contributed by atoms with Gasteiger partial charge in [-0.05, 0) is 101 Å². The molecule has 4 heterocycles. The van der Waals surface area contributed by atoms with Crippen molar-refractivity contribution in [2.45, 2.75) is 63.8 Å². The van der Waals surface area contributed by atoms with Crippen LogP contribution in [0.5, 0.6) is 5.75 Å². The third-order valence-corrected chi connectivity index (χ3v) is 12.5. The number of nitrogens with one attached hydrogen (secondary N) is 1. The van der Waals surface area contributed by atoms with Crippen LogP contribution in [0.25, 0.3) is 0 Å². The van der Waals surface area contributed by atoms with E-state index in [1.54, 1.807) is 18.2 Å². The van der Waals surface area contributed by atoms with Gasteiger partial charge in [-0.25, -0.2) is 0 Å². The number of hydrogen-bond acceptors (Lipinski definition) is 11. The second kappa shape index (κ2) is 18.4. The lowest BCUT2D eigenvalue weighted by atomic mass is 9.81. The van der Waals surface area contributed by atoms with Crippen LogP contribution < -0.4 is 15.0 Å². The van der Waals surface area contributed by atoms with E-state index in [4.69, 9.17) is 21.1 Å². The van der Waals surface area contributed by atoms with E-state index in [1.165, 1.54) is 31.7 Å². The van der Waals surface area contributed by atoms with Crippen LogP contribution in [0.1, 0.15) is 88.9 Å². The van der Waals surface area contributed by atoms with Crippen molar-refractivity contribution in [3.8, 4) is 5.75 Å². The molecule has 3 saturated heterocycles. The molecule has 0 spiro atoms. The quantitative estimate of drug-likeness (QED) is 0.117. The van der Waals surface area contributed by atoms with E-state index in [-0.39, 0.29) is 47.5 Å². The van der Waals surface area contributed by atoms with Gasteiger partial charge in [0.15, 0.2) is 17.3 Å². The highest BCUT2D eigenvalue weighted by Crippen LogP contribution is 2.33. The standard InChI is InChI=1S/C43H52ClN5O8/c1-28-10-13-34(41(53)45-28)49-42(54)31-12-11-30(27-33(31)43(49)55)48-21-19-46(20-22-48)16-4-5-29-14-17-47(18-15-29)23-24-56-25-26-57-37-9-2-6-32(39(37)44)40(52)38-35(50)7-3-8-36(38)51/h2,6,9,11-12,27,29,34,38H,1,3-5,7-8,10,13-26H2,(H,45,53). The Morgan fingerprint density at radius 3 is 2.26 bits per heavy atom. The minimum Gasteiger partial charge on any atom is -0.490 e. The number of rotatable bonds is 15. The molecule has 0 aromatic heterocycles. The number of piperidine rings is 2. The van der Waals surface area contributed by atoms with E-state index in [2.05, 4.69) is 26.6 Å². The summed E-state index contributed by atoms with van der Waals surface area (Å²) in [7, 11) is 0. The zero-order chi connectivity index (χ0) is 40.1. The molecule has 57 heavy (non-hydrogen) atoms. The van der Waals surface area contributed by atoms with Crippen molar-refractivity contribution in [2.75, 3.05) is 77.1 Å². The molecular formula is C43H52ClN5O8. The summed E-state index contributed by atoms with van der Waals surface area (Å²) in [5.74, 6) is -2.62. The lowest BCUT2D eigenvalue weighted by Crippen LogP contribution is -2.51. The first-order chi connectivity index (χ1) is 27.6. The average molecular weight is 802 g/mol. The molecule has 1 aliphatic carbocycles. The molecule has 1 saturated carbocycles. The highest BCUT2D eigenvalue weighted by atomic mass is 35.5. The number of likely N-dealkylation sites (tertiary alicyclic amines) is 1. The number of Topliss-reactive ketones (excluding diaryl/α,β-unsaturated/α-hetero) is 3. The maximum atomic E-state index is 13.3. The summed E-state index contributed by atoms with van der Waals surface area (Å²) >= 11 is 6.47. The van der Waals surface area contributed by atoms with Crippen molar-refractivity contribution < 1.29 is 38.2 Å². The Morgan fingerprint density at radius 2 is 1.53 bits per heavy atom. The molecule has 14 heteroatoms. The van der Waals surface area contributed by atoms with Gasteiger partial charge in [-0.2, -0.15) is 0 Å². The zero-order valence-electron chi connectivity index (χ0n) is 32.5. The van der Waals surface area contributed by atoms with Crippen molar-refractivity contribution in [1.82, 2.24) is 20.0 Å². The van der Waals surface area contributed by atoms with E-state index in [0.29, 0.717) is 55.0 Å². The molecule has 4 aliphatic heterocycles. The number of halogens is 1. The van der Waals surface area contributed by atoms with Crippen LogP contribution in [0.2, 0.25) is 5.02 Å². The van der Waals surface area contributed by atoms with Gasteiger partial charge in [0, 0.05) is 62.5 Å². The molecule has 2 aromatic carbocycles. The van der Waals surface area contributed by atoms with Crippen molar-refractivity contribution in [3.63, 3.8) is 0 Å².